The van der Waals surface area contributed by atoms with Gasteiger partial charge in [-0.1, -0.05) is 73.8 Å². The van der Waals surface area contributed by atoms with E-state index < -0.39 is 11.2 Å². The van der Waals surface area contributed by atoms with Crippen LogP contribution in [0.15, 0.2) is 85.0 Å². The van der Waals surface area contributed by atoms with Crippen LogP contribution in [0.2, 0.25) is 0 Å². The Morgan fingerprint density at radius 3 is 1.41 bits per heavy atom. The number of benzene rings is 2. The van der Waals surface area contributed by atoms with Crippen molar-refractivity contribution in [3.8, 4) is 0 Å². The van der Waals surface area contributed by atoms with Gasteiger partial charge in [-0.3, -0.25) is 0 Å². The van der Waals surface area contributed by atoms with E-state index in [1.807, 2.05) is 26.0 Å². The van der Waals surface area contributed by atoms with E-state index in [9.17, 15) is 0 Å². The average Bonchev–Trinajstić information content (AvgIpc) is 3.60. The molecule has 0 saturated carbocycles. The minimum absolute atomic E-state index is 0.00606. The van der Waals surface area contributed by atoms with Crippen LogP contribution in [-0.2, 0) is 27.1 Å². The molecule has 0 spiro atoms. The summed E-state index contributed by atoms with van der Waals surface area (Å²) in [5.41, 5.74) is 3.12. The summed E-state index contributed by atoms with van der Waals surface area (Å²) >= 11 is 0. The molecule has 2 aromatic carbocycles. The third kappa shape index (κ3) is 4.09. The molecule has 4 unspecified atom stereocenters. The van der Waals surface area contributed by atoms with Crippen LogP contribution in [0, 0.1) is 0 Å². The van der Waals surface area contributed by atoms with Gasteiger partial charge in [0.25, 0.3) is 0 Å². The van der Waals surface area contributed by atoms with Crippen LogP contribution in [0.25, 0.3) is 0 Å². The predicted octanol–water partition coefficient (Wildman–Crippen LogP) is 4.92. The van der Waals surface area contributed by atoms with Crippen LogP contribution in [-0.4, -0.2) is 36.6 Å². The molecule has 2 aromatic rings. The SMILES string of the molecule is C=C(C)C(Cc1ccccc1)(OC(Cc1ccccc1)(C(=C)C)C1CO1)C1CO1. The summed E-state index contributed by atoms with van der Waals surface area (Å²) in [6.45, 7) is 14.1. The van der Waals surface area contributed by atoms with E-state index in [4.69, 9.17) is 14.2 Å². The molecular formula is C26H30O3. The molecule has 2 saturated heterocycles. The summed E-state index contributed by atoms with van der Waals surface area (Å²) in [6.07, 6.45) is 1.41. The lowest BCUT2D eigenvalue weighted by atomic mass is 9.80. The van der Waals surface area contributed by atoms with Gasteiger partial charge in [-0.2, -0.15) is 0 Å². The lowest BCUT2D eigenvalue weighted by molar-refractivity contribution is -0.139. The van der Waals surface area contributed by atoms with E-state index in [1.54, 1.807) is 0 Å². The molecule has 0 N–H and O–H groups in total. The van der Waals surface area contributed by atoms with Crippen LogP contribution in [0.4, 0.5) is 0 Å². The van der Waals surface area contributed by atoms with Crippen LogP contribution >= 0.6 is 0 Å². The smallest absolute Gasteiger partial charge is 0.122 e. The zero-order chi connectivity index (χ0) is 20.5. The number of ether oxygens (including phenoxy) is 3. The number of hydrogen-bond donors (Lipinski definition) is 0. The molecular weight excluding hydrogens is 360 g/mol. The second-order valence-electron chi connectivity index (χ2n) is 8.41. The minimum atomic E-state index is -0.624. The van der Waals surface area contributed by atoms with Crippen LogP contribution in [0.5, 0.6) is 0 Å². The van der Waals surface area contributed by atoms with Gasteiger partial charge in [0.15, 0.2) is 0 Å². The molecule has 0 aromatic heterocycles. The first-order valence-corrected chi connectivity index (χ1v) is 10.3. The molecule has 2 aliphatic heterocycles. The van der Waals surface area contributed by atoms with Crippen molar-refractivity contribution in [1.82, 2.24) is 0 Å². The summed E-state index contributed by atoms with van der Waals surface area (Å²) in [5, 5.41) is 0. The van der Waals surface area contributed by atoms with Gasteiger partial charge in [0, 0.05) is 12.8 Å². The molecule has 29 heavy (non-hydrogen) atoms. The highest BCUT2D eigenvalue weighted by Crippen LogP contribution is 2.46. The number of rotatable bonds is 10. The molecule has 3 nitrogen and oxygen atoms in total. The molecule has 0 bridgehead atoms. The second kappa shape index (κ2) is 7.91. The van der Waals surface area contributed by atoms with E-state index in [1.165, 1.54) is 11.1 Å². The van der Waals surface area contributed by atoms with Crippen molar-refractivity contribution in [1.29, 1.82) is 0 Å². The maximum Gasteiger partial charge on any atom is 0.122 e. The fraction of sp³-hybridized carbons (Fsp3) is 0.385. The molecule has 4 atom stereocenters. The predicted molar refractivity (Wildman–Crippen MR) is 116 cm³/mol. The summed E-state index contributed by atoms with van der Waals surface area (Å²) in [5.74, 6) is 0. The molecule has 0 amide bonds. The Morgan fingerprint density at radius 1 is 0.793 bits per heavy atom. The standard InChI is InChI=1S/C26H30O3/c1-19(2)25(23-17-27-23,15-21-11-7-5-8-12-21)29-26(20(3)4,24-18-28-24)16-22-13-9-6-10-14-22/h5-14,23-24H,1,3,15-18H2,2,4H3. The molecule has 152 valence electrons. The Hall–Kier alpha value is -2.20. The van der Waals surface area contributed by atoms with Crippen molar-refractivity contribution >= 4 is 0 Å². The van der Waals surface area contributed by atoms with E-state index in [-0.39, 0.29) is 12.2 Å². The molecule has 2 aliphatic rings. The van der Waals surface area contributed by atoms with Crippen molar-refractivity contribution < 1.29 is 14.2 Å². The van der Waals surface area contributed by atoms with E-state index in [0.29, 0.717) is 26.1 Å². The molecule has 4 rings (SSSR count). The maximum absolute atomic E-state index is 7.16. The van der Waals surface area contributed by atoms with Crippen molar-refractivity contribution in [2.45, 2.75) is 50.1 Å². The van der Waals surface area contributed by atoms with Gasteiger partial charge in [-0.15, -0.1) is 0 Å². The van der Waals surface area contributed by atoms with Gasteiger partial charge >= 0.3 is 0 Å². The van der Waals surface area contributed by atoms with Gasteiger partial charge in [-0.05, 0) is 36.1 Å². The molecule has 3 heteroatoms. The average molecular weight is 391 g/mol. The summed E-state index contributed by atoms with van der Waals surface area (Å²) < 4.78 is 18.8. The first-order chi connectivity index (χ1) is 14.0. The lowest BCUT2D eigenvalue weighted by Crippen LogP contribution is -2.54. The fourth-order valence-electron chi connectivity index (χ4n) is 4.21. The van der Waals surface area contributed by atoms with Crippen molar-refractivity contribution in [2.24, 2.45) is 0 Å². The molecule has 2 fully saturated rings. The van der Waals surface area contributed by atoms with Crippen molar-refractivity contribution in [3.05, 3.63) is 96.1 Å². The van der Waals surface area contributed by atoms with Crippen LogP contribution in [0.3, 0.4) is 0 Å². The quantitative estimate of drug-likeness (QED) is 0.427. The normalized spacial score (nSPS) is 24.2. The number of epoxide rings is 2. The Kier molecular flexibility index (Phi) is 5.48. The molecule has 0 radical (unpaired) electrons. The monoisotopic (exact) mass is 390 g/mol. The summed E-state index contributed by atoms with van der Waals surface area (Å²) in [6, 6.07) is 20.9. The highest BCUT2D eigenvalue weighted by molar-refractivity contribution is 5.32. The Labute approximate surface area is 174 Å². The zero-order valence-corrected chi connectivity index (χ0v) is 17.4. The minimum Gasteiger partial charge on any atom is -0.370 e. The Balaban J connectivity index is 1.74. The Morgan fingerprint density at radius 2 is 1.14 bits per heavy atom. The topological polar surface area (TPSA) is 34.3 Å². The summed E-state index contributed by atoms with van der Waals surface area (Å²) in [7, 11) is 0. The molecule has 0 aliphatic carbocycles. The van der Waals surface area contributed by atoms with Crippen molar-refractivity contribution in [2.75, 3.05) is 13.2 Å². The zero-order valence-electron chi connectivity index (χ0n) is 17.4. The first-order valence-electron chi connectivity index (χ1n) is 10.3. The van der Waals surface area contributed by atoms with Gasteiger partial charge < -0.3 is 14.2 Å². The summed E-state index contributed by atoms with van der Waals surface area (Å²) in [4.78, 5) is 0. The van der Waals surface area contributed by atoms with Crippen LogP contribution < -0.4 is 0 Å². The van der Waals surface area contributed by atoms with Gasteiger partial charge in [0.2, 0.25) is 0 Å². The maximum atomic E-state index is 7.16. The second-order valence-corrected chi connectivity index (χ2v) is 8.41. The highest BCUT2D eigenvalue weighted by atomic mass is 16.6. The lowest BCUT2D eigenvalue weighted by Gasteiger charge is -2.44. The number of hydrogen-bond acceptors (Lipinski definition) is 3. The molecule has 2 heterocycles. The van der Waals surface area contributed by atoms with E-state index in [2.05, 4.69) is 61.7 Å². The van der Waals surface area contributed by atoms with Crippen LogP contribution in [0.1, 0.15) is 25.0 Å². The van der Waals surface area contributed by atoms with Crippen molar-refractivity contribution in [3.63, 3.8) is 0 Å². The third-order valence-corrected chi connectivity index (χ3v) is 6.14. The Bertz CT molecular complexity index is 794. The van der Waals surface area contributed by atoms with Gasteiger partial charge in [0.1, 0.15) is 23.4 Å². The van der Waals surface area contributed by atoms with E-state index >= 15 is 0 Å². The third-order valence-electron chi connectivity index (χ3n) is 6.14. The fourth-order valence-corrected chi connectivity index (χ4v) is 4.21. The van der Waals surface area contributed by atoms with Gasteiger partial charge in [0.05, 0.1) is 13.2 Å². The highest BCUT2D eigenvalue weighted by Gasteiger charge is 2.58. The van der Waals surface area contributed by atoms with Gasteiger partial charge in [-0.25, -0.2) is 0 Å². The van der Waals surface area contributed by atoms with E-state index in [0.717, 1.165) is 11.1 Å². The first kappa shape index (κ1) is 20.1. The largest absolute Gasteiger partial charge is 0.370 e.